The second-order valence-corrected chi connectivity index (χ2v) is 6.92. The van der Waals surface area contributed by atoms with Gasteiger partial charge in [0.2, 0.25) is 0 Å². The molecule has 3 rings (SSSR count). The first-order valence-electron chi connectivity index (χ1n) is 9.26. The fraction of sp³-hybridized carbons (Fsp3) is 0.684. The Balaban J connectivity index is 1.52. The molecule has 2 fully saturated rings. The lowest BCUT2D eigenvalue weighted by atomic mass is 9.83. The molecule has 0 aromatic heterocycles. The van der Waals surface area contributed by atoms with E-state index in [9.17, 15) is 0 Å². The van der Waals surface area contributed by atoms with Crippen LogP contribution >= 0.6 is 0 Å². The molecule has 1 saturated heterocycles. The number of ether oxygens (including phenoxy) is 1. The average Bonchev–Trinajstić information content (AvgIpc) is 2.61. The molecular weight excluding hydrogens is 286 g/mol. The van der Waals surface area contributed by atoms with Crippen molar-refractivity contribution >= 4 is 11.4 Å². The van der Waals surface area contributed by atoms with E-state index < -0.39 is 0 Å². The zero-order valence-corrected chi connectivity index (χ0v) is 14.2. The first-order valence-corrected chi connectivity index (χ1v) is 9.26. The first kappa shape index (κ1) is 16.6. The summed E-state index contributed by atoms with van der Waals surface area (Å²) in [6.45, 7) is 6.11. The Bertz CT molecular complexity index is 480. The number of morpholine rings is 1. The van der Waals surface area contributed by atoms with Crippen LogP contribution in [0.15, 0.2) is 18.2 Å². The van der Waals surface area contributed by atoms with Crippen molar-refractivity contribution in [3.8, 4) is 0 Å². The van der Waals surface area contributed by atoms with Gasteiger partial charge in [-0.2, -0.15) is 0 Å². The van der Waals surface area contributed by atoms with Gasteiger partial charge in [-0.05, 0) is 55.5 Å². The van der Waals surface area contributed by atoms with Gasteiger partial charge >= 0.3 is 0 Å². The summed E-state index contributed by atoms with van der Waals surface area (Å²) in [7, 11) is 0. The van der Waals surface area contributed by atoms with Crippen LogP contribution in [-0.4, -0.2) is 44.3 Å². The molecule has 0 unspecified atom stereocenters. The maximum Gasteiger partial charge on any atom is 0.0594 e. The van der Waals surface area contributed by atoms with Gasteiger partial charge in [0.05, 0.1) is 13.2 Å². The number of nitrogens with two attached hydrogens (primary N) is 1. The summed E-state index contributed by atoms with van der Waals surface area (Å²) in [6, 6.07) is 6.39. The summed E-state index contributed by atoms with van der Waals surface area (Å²) in [4.78, 5) is 2.50. The van der Waals surface area contributed by atoms with Gasteiger partial charge in [0.15, 0.2) is 0 Å². The van der Waals surface area contributed by atoms with Crippen LogP contribution in [0.1, 0.15) is 50.0 Å². The second kappa shape index (κ2) is 8.55. The number of hydrogen-bond acceptors (Lipinski definition) is 4. The Morgan fingerprint density at radius 3 is 2.70 bits per heavy atom. The monoisotopic (exact) mass is 317 g/mol. The van der Waals surface area contributed by atoms with E-state index in [1.54, 1.807) is 0 Å². The lowest BCUT2D eigenvalue weighted by molar-refractivity contribution is 0.0378. The third-order valence-electron chi connectivity index (χ3n) is 5.19. The van der Waals surface area contributed by atoms with E-state index >= 15 is 0 Å². The van der Waals surface area contributed by atoms with Gasteiger partial charge in [-0.1, -0.05) is 19.3 Å². The number of rotatable bonds is 6. The summed E-state index contributed by atoms with van der Waals surface area (Å²) in [5.74, 6) is 0.689. The summed E-state index contributed by atoms with van der Waals surface area (Å²) >= 11 is 0. The molecule has 0 spiro atoms. The summed E-state index contributed by atoms with van der Waals surface area (Å²) in [6.07, 6.45) is 7.90. The van der Waals surface area contributed by atoms with Gasteiger partial charge in [0, 0.05) is 31.0 Å². The van der Waals surface area contributed by atoms with Crippen molar-refractivity contribution in [2.24, 2.45) is 0 Å². The van der Waals surface area contributed by atoms with Crippen LogP contribution in [0.5, 0.6) is 0 Å². The molecule has 1 aliphatic carbocycles. The molecular formula is C19H31N3O. The molecule has 1 aromatic carbocycles. The molecule has 1 aromatic rings. The van der Waals surface area contributed by atoms with Crippen LogP contribution in [0.3, 0.4) is 0 Å². The van der Waals surface area contributed by atoms with Crippen LogP contribution in [0.25, 0.3) is 0 Å². The molecule has 1 saturated carbocycles. The van der Waals surface area contributed by atoms with Crippen molar-refractivity contribution in [3.63, 3.8) is 0 Å². The Kier molecular flexibility index (Phi) is 6.17. The van der Waals surface area contributed by atoms with Gasteiger partial charge in [-0.3, -0.25) is 4.90 Å². The largest absolute Gasteiger partial charge is 0.399 e. The molecule has 1 heterocycles. The average molecular weight is 317 g/mol. The third-order valence-corrected chi connectivity index (χ3v) is 5.19. The van der Waals surface area contributed by atoms with Gasteiger partial charge in [-0.15, -0.1) is 0 Å². The Morgan fingerprint density at radius 2 is 1.91 bits per heavy atom. The van der Waals surface area contributed by atoms with E-state index in [0.29, 0.717) is 5.92 Å². The van der Waals surface area contributed by atoms with E-state index in [1.165, 1.54) is 49.8 Å². The van der Waals surface area contributed by atoms with Crippen molar-refractivity contribution in [3.05, 3.63) is 23.8 Å². The number of nitrogen functional groups attached to an aromatic ring is 1. The SMILES string of the molecule is Nc1ccc(NCCCN2CCOCC2)c(C2CCCCC2)c1. The lowest BCUT2D eigenvalue weighted by Gasteiger charge is -2.27. The zero-order chi connectivity index (χ0) is 15.9. The molecule has 0 amide bonds. The van der Waals surface area contributed by atoms with Gasteiger partial charge in [0.25, 0.3) is 0 Å². The quantitative estimate of drug-likeness (QED) is 0.623. The molecule has 3 N–H and O–H groups in total. The molecule has 2 aliphatic rings. The highest BCUT2D eigenvalue weighted by Crippen LogP contribution is 2.37. The highest BCUT2D eigenvalue weighted by Gasteiger charge is 2.18. The third kappa shape index (κ3) is 4.85. The van der Waals surface area contributed by atoms with Gasteiger partial charge in [-0.25, -0.2) is 0 Å². The van der Waals surface area contributed by atoms with Crippen LogP contribution in [0, 0.1) is 0 Å². The van der Waals surface area contributed by atoms with Crippen LogP contribution in [0.4, 0.5) is 11.4 Å². The number of benzene rings is 1. The Morgan fingerprint density at radius 1 is 1.13 bits per heavy atom. The van der Waals surface area contributed by atoms with Crippen molar-refractivity contribution < 1.29 is 4.74 Å². The fourth-order valence-electron chi connectivity index (χ4n) is 3.84. The van der Waals surface area contributed by atoms with Crippen LogP contribution in [0.2, 0.25) is 0 Å². The van der Waals surface area contributed by atoms with Crippen molar-refractivity contribution in [1.82, 2.24) is 4.90 Å². The summed E-state index contributed by atoms with van der Waals surface area (Å²) in [5, 5.41) is 3.66. The predicted octanol–water partition coefficient (Wildman–Crippen LogP) is 3.45. The van der Waals surface area contributed by atoms with Crippen LogP contribution in [-0.2, 0) is 4.74 Å². The number of anilines is 2. The number of nitrogens with zero attached hydrogens (tertiary/aromatic N) is 1. The highest BCUT2D eigenvalue weighted by atomic mass is 16.5. The molecule has 0 bridgehead atoms. The highest BCUT2D eigenvalue weighted by molar-refractivity contribution is 5.59. The normalized spacial score (nSPS) is 20.5. The topological polar surface area (TPSA) is 50.5 Å². The first-order chi connectivity index (χ1) is 11.3. The molecule has 23 heavy (non-hydrogen) atoms. The van der Waals surface area contributed by atoms with E-state index in [1.807, 2.05) is 6.07 Å². The lowest BCUT2D eigenvalue weighted by Crippen LogP contribution is -2.37. The van der Waals surface area contributed by atoms with Crippen LogP contribution < -0.4 is 11.1 Å². The minimum atomic E-state index is 0.689. The van der Waals surface area contributed by atoms with E-state index in [2.05, 4.69) is 22.3 Å². The minimum absolute atomic E-state index is 0.689. The maximum absolute atomic E-state index is 6.04. The smallest absolute Gasteiger partial charge is 0.0594 e. The summed E-state index contributed by atoms with van der Waals surface area (Å²) < 4.78 is 5.40. The molecule has 1 aliphatic heterocycles. The second-order valence-electron chi connectivity index (χ2n) is 6.92. The molecule has 0 atom stereocenters. The van der Waals surface area contributed by atoms with E-state index in [-0.39, 0.29) is 0 Å². The maximum atomic E-state index is 6.04. The number of nitrogens with one attached hydrogen (secondary N) is 1. The Labute approximate surface area is 140 Å². The van der Waals surface area contributed by atoms with Gasteiger partial charge < -0.3 is 15.8 Å². The van der Waals surface area contributed by atoms with E-state index in [4.69, 9.17) is 10.5 Å². The Hall–Kier alpha value is -1.26. The molecule has 4 heteroatoms. The minimum Gasteiger partial charge on any atom is -0.399 e. The standard InChI is InChI=1S/C19H31N3O/c20-17-7-8-19(18(15-17)16-5-2-1-3-6-16)21-9-4-10-22-11-13-23-14-12-22/h7-8,15-16,21H,1-6,9-14,20H2. The fourth-order valence-corrected chi connectivity index (χ4v) is 3.84. The predicted molar refractivity (Wildman–Crippen MR) is 97.0 cm³/mol. The van der Waals surface area contributed by atoms with Crippen molar-refractivity contribution in [1.29, 1.82) is 0 Å². The summed E-state index contributed by atoms with van der Waals surface area (Å²) in [5.41, 5.74) is 9.67. The van der Waals surface area contributed by atoms with Crippen molar-refractivity contribution in [2.75, 3.05) is 50.4 Å². The van der Waals surface area contributed by atoms with Crippen molar-refractivity contribution in [2.45, 2.75) is 44.4 Å². The molecule has 0 radical (unpaired) electrons. The zero-order valence-electron chi connectivity index (χ0n) is 14.2. The number of hydrogen-bond donors (Lipinski definition) is 2. The molecule has 4 nitrogen and oxygen atoms in total. The molecule has 128 valence electrons. The van der Waals surface area contributed by atoms with Gasteiger partial charge in [0.1, 0.15) is 0 Å². The van der Waals surface area contributed by atoms with E-state index in [0.717, 1.165) is 45.1 Å².